The van der Waals surface area contributed by atoms with E-state index in [4.69, 9.17) is 10.5 Å². The van der Waals surface area contributed by atoms with E-state index >= 15 is 0 Å². The van der Waals surface area contributed by atoms with Gasteiger partial charge < -0.3 is 25.3 Å². The molecule has 1 saturated carbocycles. The Hall–Kier alpha value is -2.94. The number of fused-ring (bicyclic) bond motifs is 1. The second-order valence-electron chi connectivity index (χ2n) is 9.80. The Bertz CT molecular complexity index is 1280. The Morgan fingerprint density at radius 1 is 1.11 bits per heavy atom. The Labute approximate surface area is 222 Å². The first-order valence-corrected chi connectivity index (χ1v) is 12.7. The summed E-state index contributed by atoms with van der Waals surface area (Å²) in [6, 6.07) is 10.9. The molecule has 198 valence electrons. The Balaban J connectivity index is 0.00000320. The van der Waals surface area contributed by atoms with Crippen LogP contribution in [0, 0.1) is 5.82 Å². The number of nitrogens with one attached hydrogen (secondary N) is 1. The van der Waals surface area contributed by atoms with E-state index in [0.717, 1.165) is 23.9 Å². The van der Waals surface area contributed by atoms with Crippen molar-refractivity contribution in [3.05, 3.63) is 70.7 Å². The van der Waals surface area contributed by atoms with Gasteiger partial charge in [-0.3, -0.25) is 9.59 Å². The second-order valence-corrected chi connectivity index (χ2v) is 9.80. The summed E-state index contributed by atoms with van der Waals surface area (Å²) in [5, 5.41) is 3.74. The lowest BCUT2D eigenvalue weighted by molar-refractivity contribution is 0.0714. The summed E-state index contributed by atoms with van der Waals surface area (Å²) in [4.78, 5) is 28.7. The minimum absolute atomic E-state index is 0. The molecule has 37 heavy (non-hydrogen) atoms. The fourth-order valence-electron chi connectivity index (χ4n) is 5.17. The van der Waals surface area contributed by atoms with Crippen LogP contribution in [0.2, 0.25) is 0 Å². The molecule has 0 bridgehead atoms. The number of likely N-dealkylation sites (tertiary alicyclic amines) is 1. The van der Waals surface area contributed by atoms with Crippen LogP contribution in [0.5, 0.6) is 0 Å². The van der Waals surface area contributed by atoms with Crippen molar-refractivity contribution in [3.63, 3.8) is 0 Å². The van der Waals surface area contributed by atoms with E-state index < -0.39 is 0 Å². The number of rotatable bonds is 8. The molecule has 0 radical (unpaired) electrons. The number of piperidine rings is 1. The number of amides is 2. The molecule has 9 heteroatoms. The van der Waals surface area contributed by atoms with Gasteiger partial charge in [-0.05, 0) is 60.9 Å². The molecular formula is C28H34ClFN4O3. The number of methoxy groups -OCH3 is 1. The van der Waals surface area contributed by atoms with Crippen LogP contribution in [-0.2, 0) is 17.8 Å². The summed E-state index contributed by atoms with van der Waals surface area (Å²) in [7, 11) is 1.64. The molecule has 2 heterocycles. The van der Waals surface area contributed by atoms with Gasteiger partial charge in [-0.15, -0.1) is 12.4 Å². The van der Waals surface area contributed by atoms with Crippen LogP contribution in [0.4, 0.5) is 4.39 Å². The molecule has 0 atom stereocenters. The van der Waals surface area contributed by atoms with E-state index in [2.05, 4.69) is 5.32 Å². The van der Waals surface area contributed by atoms with Gasteiger partial charge in [0.05, 0.1) is 12.2 Å². The topological polar surface area (TPSA) is 89.6 Å². The van der Waals surface area contributed by atoms with Crippen molar-refractivity contribution in [2.24, 2.45) is 5.73 Å². The third-order valence-corrected chi connectivity index (χ3v) is 7.35. The Kier molecular flexibility index (Phi) is 8.52. The fourth-order valence-corrected chi connectivity index (χ4v) is 5.17. The van der Waals surface area contributed by atoms with Gasteiger partial charge in [0.15, 0.2) is 0 Å². The first-order chi connectivity index (χ1) is 17.5. The van der Waals surface area contributed by atoms with Gasteiger partial charge in [-0.2, -0.15) is 0 Å². The quantitative estimate of drug-likeness (QED) is 0.458. The van der Waals surface area contributed by atoms with Crippen LogP contribution in [0.25, 0.3) is 10.9 Å². The van der Waals surface area contributed by atoms with Crippen molar-refractivity contribution in [2.75, 3.05) is 26.8 Å². The number of halogens is 2. The molecular weight excluding hydrogens is 495 g/mol. The molecule has 0 unspecified atom stereocenters. The third kappa shape index (κ3) is 5.66. The minimum Gasteiger partial charge on any atom is -0.383 e. The maximum atomic E-state index is 14.5. The zero-order valence-electron chi connectivity index (χ0n) is 21.0. The lowest BCUT2D eigenvalue weighted by Gasteiger charge is -2.32. The zero-order chi connectivity index (χ0) is 25.2. The van der Waals surface area contributed by atoms with Crippen LogP contribution in [0.3, 0.4) is 0 Å². The van der Waals surface area contributed by atoms with Gasteiger partial charge in [-0.1, -0.05) is 18.2 Å². The first kappa shape index (κ1) is 27.1. The normalized spacial score (nSPS) is 16.0. The maximum Gasteiger partial charge on any atom is 0.256 e. The number of carbonyl (C=O) groups is 2. The highest BCUT2D eigenvalue weighted by molar-refractivity contribution is 6.15. The average Bonchev–Trinajstić information content (AvgIpc) is 3.65. The number of carbonyl (C=O) groups excluding carboxylic acids is 2. The molecule has 1 aromatic heterocycles. The van der Waals surface area contributed by atoms with Gasteiger partial charge in [0.2, 0.25) is 0 Å². The van der Waals surface area contributed by atoms with Gasteiger partial charge in [0, 0.05) is 62.0 Å². The first-order valence-electron chi connectivity index (χ1n) is 12.7. The molecule has 2 aliphatic rings. The van der Waals surface area contributed by atoms with Gasteiger partial charge in [-0.25, -0.2) is 4.39 Å². The van der Waals surface area contributed by atoms with Crippen LogP contribution in [0.15, 0.2) is 42.6 Å². The average molecular weight is 529 g/mol. The van der Waals surface area contributed by atoms with Crippen LogP contribution in [-0.4, -0.2) is 54.1 Å². The van der Waals surface area contributed by atoms with E-state index in [9.17, 15) is 14.0 Å². The molecule has 2 fully saturated rings. The molecule has 3 N–H and O–H groups in total. The van der Waals surface area contributed by atoms with Crippen LogP contribution >= 0.6 is 12.4 Å². The van der Waals surface area contributed by atoms with Crippen molar-refractivity contribution in [3.8, 4) is 0 Å². The Morgan fingerprint density at radius 2 is 1.86 bits per heavy atom. The van der Waals surface area contributed by atoms with Crippen LogP contribution in [0.1, 0.15) is 63.4 Å². The highest BCUT2D eigenvalue weighted by Crippen LogP contribution is 2.33. The summed E-state index contributed by atoms with van der Waals surface area (Å²) in [6.45, 7) is 2.49. The number of nitrogens with zero attached hydrogens (tertiary/aromatic N) is 2. The smallest absolute Gasteiger partial charge is 0.256 e. The zero-order valence-corrected chi connectivity index (χ0v) is 21.9. The highest BCUT2D eigenvalue weighted by Gasteiger charge is 2.30. The molecule has 5 rings (SSSR count). The number of ether oxygens (including phenoxy) is 1. The van der Waals surface area contributed by atoms with Crippen molar-refractivity contribution in [1.82, 2.24) is 14.8 Å². The van der Waals surface area contributed by atoms with Crippen molar-refractivity contribution in [1.29, 1.82) is 0 Å². The van der Waals surface area contributed by atoms with E-state index in [1.165, 1.54) is 6.07 Å². The minimum atomic E-state index is -0.218. The fraction of sp³-hybridized carbons (Fsp3) is 0.429. The molecule has 1 aliphatic heterocycles. The van der Waals surface area contributed by atoms with Crippen molar-refractivity contribution in [2.45, 2.75) is 50.7 Å². The van der Waals surface area contributed by atoms with Gasteiger partial charge in [0.1, 0.15) is 5.82 Å². The Morgan fingerprint density at radius 3 is 2.54 bits per heavy atom. The van der Waals surface area contributed by atoms with Crippen LogP contribution < -0.4 is 11.1 Å². The predicted molar refractivity (Wildman–Crippen MR) is 144 cm³/mol. The molecule has 1 saturated heterocycles. The van der Waals surface area contributed by atoms with Gasteiger partial charge >= 0.3 is 0 Å². The summed E-state index contributed by atoms with van der Waals surface area (Å²) in [5.74, 6) is -0.416. The second kappa shape index (κ2) is 11.6. The largest absolute Gasteiger partial charge is 0.383 e. The summed E-state index contributed by atoms with van der Waals surface area (Å²) in [5.41, 5.74) is 9.23. The standard InChI is InChI=1S/C28H33FN4O3.ClH/c1-36-14-13-33-17-23(26-21(3-2-4-25(26)33)27(34)31-20-6-7-20)28(35)32-11-9-19(10-12-32)22-15-18(16-30)5-8-24(22)29;/h2-5,8,15,17,19-20H,6-7,9-14,16,30H2,1H3,(H,31,34);1H. The molecule has 0 spiro atoms. The monoisotopic (exact) mass is 528 g/mol. The van der Waals surface area contributed by atoms with E-state index in [1.54, 1.807) is 19.2 Å². The number of nitrogens with two attached hydrogens (primary N) is 1. The maximum absolute atomic E-state index is 14.5. The van der Waals surface area contributed by atoms with E-state index in [0.29, 0.717) is 67.7 Å². The number of hydrogen-bond acceptors (Lipinski definition) is 4. The third-order valence-electron chi connectivity index (χ3n) is 7.35. The number of benzene rings is 2. The summed E-state index contributed by atoms with van der Waals surface area (Å²) >= 11 is 0. The molecule has 1 aliphatic carbocycles. The van der Waals surface area contributed by atoms with E-state index in [-0.39, 0.29) is 42.0 Å². The molecule has 2 amide bonds. The number of aromatic nitrogens is 1. The molecule has 7 nitrogen and oxygen atoms in total. The summed E-state index contributed by atoms with van der Waals surface area (Å²) < 4.78 is 21.8. The summed E-state index contributed by atoms with van der Waals surface area (Å²) in [6.07, 6.45) is 5.18. The highest BCUT2D eigenvalue weighted by atomic mass is 35.5. The van der Waals surface area contributed by atoms with Gasteiger partial charge in [0.25, 0.3) is 11.8 Å². The SMILES string of the molecule is COCCn1cc(C(=O)N2CCC(c3cc(CN)ccc3F)CC2)c2c(C(=O)NC3CC3)cccc21.Cl. The van der Waals surface area contributed by atoms with E-state index in [1.807, 2.05) is 33.9 Å². The molecule has 3 aromatic rings. The lowest BCUT2D eigenvalue weighted by Crippen LogP contribution is -2.38. The molecule has 2 aromatic carbocycles. The lowest BCUT2D eigenvalue weighted by atomic mass is 9.88. The van der Waals surface area contributed by atoms with Crippen molar-refractivity contribution >= 4 is 35.1 Å². The van der Waals surface area contributed by atoms with Crippen molar-refractivity contribution < 1.29 is 18.7 Å². The predicted octanol–water partition coefficient (Wildman–Crippen LogP) is 4.22. The number of hydrogen-bond donors (Lipinski definition) is 2.